The van der Waals surface area contributed by atoms with Gasteiger partial charge in [-0.15, -0.1) is 0 Å². The minimum atomic E-state index is -1.89. The summed E-state index contributed by atoms with van der Waals surface area (Å²) in [6.45, 7) is 0. The average molecular weight is 269 g/mol. The molecule has 0 spiro atoms. The first-order valence-corrected chi connectivity index (χ1v) is 5.45. The van der Waals surface area contributed by atoms with Crippen molar-refractivity contribution < 1.29 is 10.2 Å². The van der Waals surface area contributed by atoms with Gasteiger partial charge in [0.05, 0.1) is 0 Å². The summed E-state index contributed by atoms with van der Waals surface area (Å²) >= 11 is 16.9. The minimum absolute atomic E-state index is 0.188. The molecular weight excluding hydrogens is 260 g/mol. The zero-order valence-corrected chi connectivity index (χ0v) is 9.81. The first-order chi connectivity index (χ1) is 6.93. The molecule has 1 heterocycles. The molecule has 0 amide bonds. The number of hydrogen-bond donors (Lipinski definition) is 2. The highest BCUT2D eigenvalue weighted by Crippen LogP contribution is 2.46. The van der Waals surface area contributed by atoms with Crippen molar-refractivity contribution in [2.24, 2.45) is 0 Å². The molecule has 0 saturated heterocycles. The third-order valence-corrected chi connectivity index (χ3v) is 2.87. The molecule has 0 bridgehead atoms. The number of rotatable bonds is 0. The van der Waals surface area contributed by atoms with Crippen LogP contribution < -0.4 is 0 Å². The average Bonchev–Trinajstić information content (AvgIpc) is 2.39. The van der Waals surface area contributed by atoms with Gasteiger partial charge in [-0.2, -0.15) is 0 Å². The predicted octanol–water partition coefficient (Wildman–Crippen LogP) is 3.14. The summed E-state index contributed by atoms with van der Waals surface area (Å²) in [5.74, 6) is -0.412. The van der Waals surface area contributed by atoms with Gasteiger partial charge in [0.15, 0.2) is 0 Å². The molecule has 0 saturated carbocycles. The summed E-state index contributed by atoms with van der Waals surface area (Å²) in [5, 5.41) is 19.6. The summed E-state index contributed by atoms with van der Waals surface area (Å²) < 4.78 is -1.00. The largest absolute Gasteiger partial charge is 0.494 e. The number of fused-ring (bicyclic) bond motifs is 1. The van der Waals surface area contributed by atoms with Crippen LogP contribution in [0.15, 0.2) is 6.08 Å². The molecular formula is C9H8Cl3NO2. The Kier molecular flexibility index (Phi) is 2.57. The highest BCUT2D eigenvalue weighted by molar-refractivity contribution is 6.64. The Hall–Kier alpha value is -0.510. The molecule has 0 radical (unpaired) electrons. The standard InChI is InChI=1S/C9H8Cl3NO2/c10-9(11,12)13-7(14)5-3-1-2-4-6(5)8(13)15/h1,3,14-15H,2,4H2. The van der Waals surface area contributed by atoms with E-state index in [1.165, 1.54) is 0 Å². The van der Waals surface area contributed by atoms with Crippen LogP contribution in [-0.4, -0.2) is 14.8 Å². The molecule has 15 heavy (non-hydrogen) atoms. The van der Waals surface area contributed by atoms with E-state index in [1.54, 1.807) is 6.08 Å². The van der Waals surface area contributed by atoms with Crippen molar-refractivity contribution in [3.05, 3.63) is 17.2 Å². The second kappa shape index (κ2) is 3.51. The number of hydrogen-bond acceptors (Lipinski definition) is 2. The SMILES string of the molecule is Oc1c2c(c(O)n1C(Cl)(Cl)Cl)CCC=C2. The van der Waals surface area contributed by atoms with Crippen LogP contribution >= 0.6 is 34.8 Å². The molecule has 82 valence electrons. The maximum absolute atomic E-state index is 9.81. The van der Waals surface area contributed by atoms with Gasteiger partial charge in [0.2, 0.25) is 11.8 Å². The summed E-state index contributed by atoms with van der Waals surface area (Å²) in [5.41, 5.74) is 1.13. The van der Waals surface area contributed by atoms with Crippen molar-refractivity contribution >= 4 is 40.9 Å². The van der Waals surface area contributed by atoms with Gasteiger partial charge in [-0.25, -0.2) is 4.57 Å². The number of aromatic hydroxyl groups is 2. The third kappa shape index (κ3) is 1.69. The molecule has 0 atom stereocenters. The second-order valence-electron chi connectivity index (χ2n) is 3.28. The fourth-order valence-corrected chi connectivity index (χ4v) is 2.18. The van der Waals surface area contributed by atoms with E-state index in [0.717, 1.165) is 11.0 Å². The van der Waals surface area contributed by atoms with Gasteiger partial charge in [0.25, 0.3) is 3.92 Å². The Balaban J connectivity index is 2.68. The maximum atomic E-state index is 9.81. The van der Waals surface area contributed by atoms with Crippen LogP contribution in [0.25, 0.3) is 6.08 Å². The molecule has 2 rings (SSSR count). The minimum Gasteiger partial charge on any atom is -0.494 e. The first kappa shape index (κ1) is 11.0. The van der Waals surface area contributed by atoms with E-state index in [2.05, 4.69) is 0 Å². The lowest BCUT2D eigenvalue weighted by molar-refractivity contribution is 0.372. The number of alkyl halides is 3. The Morgan fingerprint density at radius 3 is 2.40 bits per heavy atom. The maximum Gasteiger partial charge on any atom is 0.277 e. The fraction of sp³-hybridized carbons (Fsp3) is 0.333. The topological polar surface area (TPSA) is 45.4 Å². The summed E-state index contributed by atoms with van der Waals surface area (Å²) in [6, 6.07) is 0. The smallest absolute Gasteiger partial charge is 0.277 e. The van der Waals surface area contributed by atoms with Crippen LogP contribution in [0.1, 0.15) is 17.5 Å². The van der Waals surface area contributed by atoms with Gasteiger partial charge in [-0.05, 0) is 12.8 Å². The molecule has 1 aromatic rings. The second-order valence-corrected chi connectivity index (χ2v) is 5.51. The van der Waals surface area contributed by atoms with Gasteiger partial charge in [0, 0.05) is 11.1 Å². The quantitative estimate of drug-likeness (QED) is 0.710. The van der Waals surface area contributed by atoms with E-state index >= 15 is 0 Å². The molecule has 0 fully saturated rings. The molecule has 0 aliphatic heterocycles. The van der Waals surface area contributed by atoms with Gasteiger partial charge in [-0.3, -0.25) is 0 Å². The van der Waals surface area contributed by atoms with Crippen LogP contribution in [0.4, 0.5) is 0 Å². The zero-order chi connectivity index (χ0) is 11.2. The number of nitrogens with zero attached hydrogens (tertiary/aromatic N) is 1. The Labute approximate surface area is 101 Å². The van der Waals surface area contributed by atoms with Crippen LogP contribution in [0.2, 0.25) is 0 Å². The third-order valence-electron chi connectivity index (χ3n) is 2.36. The van der Waals surface area contributed by atoms with Crippen molar-refractivity contribution in [1.29, 1.82) is 0 Å². The van der Waals surface area contributed by atoms with Crippen molar-refractivity contribution in [2.45, 2.75) is 16.8 Å². The monoisotopic (exact) mass is 267 g/mol. The van der Waals surface area contributed by atoms with E-state index in [1.807, 2.05) is 6.08 Å². The molecule has 3 nitrogen and oxygen atoms in total. The van der Waals surface area contributed by atoms with Crippen molar-refractivity contribution in [3.8, 4) is 11.8 Å². The van der Waals surface area contributed by atoms with E-state index in [9.17, 15) is 10.2 Å². The van der Waals surface area contributed by atoms with Crippen LogP contribution in [0, 0.1) is 0 Å². The normalized spacial score (nSPS) is 15.4. The van der Waals surface area contributed by atoms with Gasteiger partial charge in [0.1, 0.15) is 0 Å². The number of allylic oxidation sites excluding steroid dienone is 1. The number of aromatic nitrogens is 1. The van der Waals surface area contributed by atoms with E-state index in [0.29, 0.717) is 17.5 Å². The molecule has 0 aromatic carbocycles. The van der Waals surface area contributed by atoms with Crippen molar-refractivity contribution in [1.82, 2.24) is 4.57 Å². The summed E-state index contributed by atoms with van der Waals surface area (Å²) in [4.78, 5) is 0. The van der Waals surface area contributed by atoms with Gasteiger partial charge in [-0.1, -0.05) is 47.0 Å². The molecule has 6 heteroatoms. The van der Waals surface area contributed by atoms with Gasteiger partial charge < -0.3 is 10.2 Å². The molecule has 1 aromatic heterocycles. The predicted molar refractivity (Wildman–Crippen MR) is 60.6 cm³/mol. The van der Waals surface area contributed by atoms with E-state index in [4.69, 9.17) is 34.8 Å². The Morgan fingerprint density at radius 2 is 1.87 bits per heavy atom. The Morgan fingerprint density at radius 1 is 1.20 bits per heavy atom. The lowest BCUT2D eigenvalue weighted by Crippen LogP contribution is -2.11. The lowest BCUT2D eigenvalue weighted by Gasteiger charge is -2.15. The van der Waals surface area contributed by atoms with Crippen LogP contribution in [-0.2, 0) is 10.3 Å². The molecule has 1 aliphatic rings. The number of halogens is 3. The first-order valence-electron chi connectivity index (χ1n) is 4.32. The highest BCUT2D eigenvalue weighted by atomic mass is 35.6. The van der Waals surface area contributed by atoms with Crippen molar-refractivity contribution in [3.63, 3.8) is 0 Å². The van der Waals surface area contributed by atoms with E-state index in [-0.39, 0.29) is 11.8 Å². The van der Waals surface area contributed by atoms with Crippen molar-refractivity contribution in [2.75, 3.05) is 0 Å². The lowest BCUT2D eigenvalue weighted by atomic mass is 10.0. The Bertz CT molecular complexity index is 432. The summed E-state index contributed by atoms with van der Waals surface area (Å²) in [7, 11) is 0. The van der Waals surface area contributed by atoms with Gasteiger partial charge >= 0.3 is 0 Å². The molecule has 2 N–H and O–H groups in total. The van der Waals surface area contributed by atoms with Crippen LogP contribution in [0.5, 0.6) is 11.8 Å². The summed E-state index contributed by atoms with van der Waals surface area (Å²) in [6.07, 6.45) is 5.02. The molecule has 1 aliphatic carbocycles. The zero-order valence-electron chi connectivity index (χ0n) is 7.54. The molecule has 0 unspecified atom stereocenters. The van der Waals surface area contributed by atoms with E-state index < -0.39 is 3.92 Å². The van der Waals surface area contributed by atoms with Crippen LogP contribution in [0.3, 0.4) is 0 Å². The fourth-order valence-electron chi connectivity index (χ4n) is 1.70. The highest BCUT2D eigenvalue weighted by Gasteiger charge is 2.33.